The lowest BCUT2D eigenvalue weighted by Crippen LogP contribution is -2.45. The van der Waals surface area contributed by atoms with Gasteiger partial charge in [0, 0.05) is 11.6 Å². The smallest absolute Gasteiger partial charge is 0.250 e. The monoisotopic (exact) mass is 644 g/mol. The Morgan fingerprint density at radius 3 is 1.53 bits per heavy atom. The first kappa shape index (κ1) is 34.8. The van der Waals surface area contributed by atoms with E-state index in [2.05, 4.69) is 102 Å². The van der Waals surface area contributed by atoms with Crippen LogP contribution in [0.1, 0.15) is 62.3 Å². The van der Waals surface area contributed by atoms with Crippen LogP contribution in [0, 0.1) is 0 Å². The molecule has 3 rings (SSSR count). The Kier molecular flexibility index (Phi) is 8.92. The second-order valence-corrected chi connectivity index (χ2v) is 30.3. The molecule has 238 valence electrons. The first-order valence-electron chi connectivity index (χ1n) is 14.9. The Morgan fingerprint density at radius 2 is 1.07 bits per heavy atom. The molecule has 7 nitrogen and oxygen atoms in total. The maximum Gasteiger partial charge on any atom is 0.250 e. The van der Waals surface area contributed by atoms with Crippen molar-refractivity contribution in [2.75, 3.05) is 0 Å². The minimum absolute atomic E-state index is 0.00563. The predicted octanol–water partition coefficient (Wildman–Crippen LogP) is 10.0. The summed E-state index contributed by atoms with van der Waals surface area (Å²) >= 11 is 0. The Hall–Kier alpha value is -2.70. The number of hydrogen-bond donors (Lipinski definition) is 2. The maximum atomic E-state index is 13.5. The molecule has 0 aliphatic carbocycles. The van der Waals surface area contributed by atoms with E-state index >= 15 is 0 Å². The normalized spacial score (nSPS) is 13.7. The van der Waals surface area contributed by atoms with Crippen LogP contribution >= 0.6 is 0 Å². The van der Waals surface area contributed by atoms with Crippen LogP contribution in [0.4, 0.5) is 0 Å². The number of fused-ring (bicyclic) bond motifs is 1. The zero-order valence-corrected chi connectivity index (χ0v) is 31.8. The van der Waals surface area contributed by atoms with Crippen LogP contribution in [0.15, 0.2) is 39.5 Å². The van der Waals surface area contributed by atoms with Crippen LogP contribution in [0.25, 0.3) is 22.3 Å². The molecule has 3 aromatic rings. The topological polar surface area (TPSA) is 98.4 Å². The highest BCUT2D eigenvalue weighted by atomic mass is 28.4. The van der Waals surface area contributed by atoms with Gasteiger partial charge in [0.2, 0.25) is 11.2 Å². The fraction of sp³-hybridized carbons (Fsp3) is 0.545. The summed E-state index contributed by atoms with van der Waals surface area (Å²) in [5, 5.41) is 21.9. The van der Waals surface area contributed by atoms with Gasteiger partial charge in [0.1, 0.15) is 22.8 Å². The first-order chi connectivity index (χ1) is 19.2. The van der Waals surface area contributed by atoms with Gasteiger partial charge in [-0.25, -0.2) is 0 Å². The van der Waals surface area contributed by atoms with E-state index in [1.807, 2.05) is 6.07 Å². The Morgan fingerprint density at radius 1 is 0.628 bits per heavy atom. The van der Waals surface area contributed by atoms with Crippen molar-refractivity contribution in [3.8, 4) is 40.1 Å². The van der Waals surface area contributed by atoms with E-state index in [0.717, 1.165) is 0 Å². The van der Waals surface area contributed by atoms with E-state index in [0.29, 0.717) is 17.1 Å². The van der Waals surface area contributed by atoms with Crippen LogP contribution in [0.5, 0.6) is 28.7 Å². The van der Waals surface area contributed by atoms with E-state index in [-0.39, 0.29) is 43.3 Å². The molecule has 0 radical (unpaired) electrons. The third kappa shape index (κ3) is 7.01. The average molecular weight is 645 g/mol. The number of phenolic OH excluding ortho intramolecular Hbond substituents is 1. The van der Waals surface area contributed by atoms with E-state index in [1.165, 1.54) is 12.1 Å². The summed E-state index contributed by atoms with van der Waals surface area (Å²) in [6.07, 6.45) is 0. The van der Waals surface area contributed by atoms with Gasteiger partial charge in [-0.05, 0) is 78.7 Å². The largest absolute Gasteiger partial charge is 0.541 e. The van der Waals surface area contributed by atoms with Crippen molar-refractivity contribution in [3.63, 3.8) is 0 Å². The summed E-state index contributed by atoms with van der Waals surface area (Å²) in [6, 6.07) is 8.21. The molecular weight excluding hydrogens is 593 g/mol. The van der Waals surface area contributed by atoms with Crippen molar-refractivity contribution >= 4 is 35.9 Å². The van der Waals surface area contributed by atoms with Gasteiger partial charge in [-0.3, -0.25) is 4.79 Å². The van der Waals surface area contributed by atoms with Crippen LogP contribution in [0.3, 0.4) is 0 Å². The Bertz CT molecular complexity index is 1570. The Labute approximate surface area is 260 Å². The highest BCUT2D eigenvalue weighted by Crippen LogP contribution is 2.46. The summed E-state index contributed by atoms with van der Waals surface area (Å²) < 4.78 is 25.9. The van der Waals surface area contributed by atoms with Crippen molar-refractivity contribution in [2.45, 2.75) is 117 Å². The van der Waals surface area contributed by atoms with Crippen molar-refractivity contribution in [1.82, 2.24) is 0 Å². The quantitative estimate of drug-likeness (QED) is 0.247. The number of hydrogen-bond acceptors (Lipinski definition) is 7. The van der Waals surface area contributed by atoms with Crippen molar-refractivity contribution in [3.05, 3.63) is 40.6 Å². The van der Waals surface area contributed by atoms with E-state index in [1.54, 1.807) is 12.1 Å². The van der Waals surface area contributed by atoms with Crippen LogP contribution < -0.4 is 18.7 Å². The molecule has 0 atom stereocenters. The molecule has 0 saturated heterocycles. The summed E-state index contributed by atoms with van der Waals surface area (Å²) in [5.74, 6) is 0.736. The molecule has 0 amide bonds. The van der Waals surface area contributed by atoms with Gasteiger partial charge in [-0.15, -0.1) is 0 Å². The lowest BCUT2D eigenvalue weighted by molar-refractivity contribution is 0.420. The molecule has 2 N–H and O–H groups in total. The van der Waals surface area contributed by atoms with Crippen molar-refractivity contribution in [1.29, 1.82) is 0 Å². The summed E-state index contributed by atoms with van der Waals surface area (Å²) in [5.41, 5.74) is 0.00465. The van der Waals surface area contributed by atoms with Gasteiger partial charge in [0.05, 0.1) is 5.39 Å². The van der Waals surface area contributed by atoms with Crippen molar-refractivity contribution in [2.24, 2.45) is 0 Å². The SMILES string of the molecule is CC(C)(C)[Si](C)(C)Oc1cc2c(=O)c(O)c(-c3ccc(O[Si](C)(C)C(C)(C)C)c(O[Si](C)(C)C(C)(C)C)c3)oc2cc1O. The minimum atomic E-state index is -2.31. The maximum absolute atomic E-state index is 13.5. The van der Waals surface area contributed by atoms with Crippen LogP contribution in [-0.2, 0) is 0 Å². The van der Waals surface area contributed by atoms with Gasteiger partial charge >= 0.3 is 0 Å². The molecule has 0 aliphatic heterocycles. The number of aromatic hydroxyl groups is 2. The summed E-state index contributed by atoms with van der Waals surface area (Å²) in [6.45, 7) is 32.1. The standard InChI is InChI=1S/C33H52O7Si3/c1-31(2,3)41(10,11)38-24-17-16-21(18-27(24)40-43(14,15)33(7,8)9)30-29(36)28(35)22-19-26(23(34)20-25(22)37-30)39-42(12,13)32(4,5)6/h16-20,34,36H,1-15H3. The van der Waals surface area contributed by atoms with Gasteiger partial charge in [0.15, 0.2) is 11.5 Å². The van der Waals surface area contributed by atoms with E-state index in [9.17, 15) is 15.0 Å². The first-order valence-corrected chi connectivity index (χ1v) is 23.7. The molecule has 43 heavy (non-hydrogen) atoms. The molecule has 0 spiro atoms. The van der Waals surface area contributed by atoms with Gasteiger partial charge < -0.3 is 27.9 Å². The molecular formula is C33H52O7Si3. The molecule has 0 saturated carbocycles. The number of phenols is 1. The zero-order chi connectivity index (χ0) is 33.1. The fourth-order valence-electron chi connectivity index (χ4n) is 3.57. The summed E-state index contributed by atoms with van der Waals surface area (Å²) in [7, 11) is -6.83. The fourth-order valence-corrected chi connectivity index (χ4v) is 6.63. The number of benzene rings is 2. The lowest BCUT2D eigenvalue weighted by atomic mass is 10.1. The van der Waals surface area contributed by atoms with E-state index in [4.69, 9.17) is 17.7 Å². The summed E-state index contributed by atoms with van der Waals surface area (Å²) in [4.78, 5) is 13.5. The van der Waals surface area contributed by atoms with Crippen LogP contribution in [0.2, 0.25) is 54.4 Å². The van der Waals surface area contributed by atoms with Gasteiger partial charge in [-0.1, -0.05) is 62.3 Å². The van der Waals surface area contributed by atoms with Crippen molar-refractivity contribution < 1.29 is 27.9 Å². The van der Waals surface area contributed by atoms with E-state index < -0.39 is 36.1 Å². The van der Waals surface area contributed by atoms with Gasteiger partial charge in [-0.2, -0.15) is 0 Å². The molecule has 0 fully saturated rings. The second-order valence-electron chi connectivity index (χ2n) is 16.2. The third-order valence-corrected chi connectivity index (χ3v) is 22.7. The van der Waals surface area contributed by atoms with Crippen LogP contribution in [-0.4, -0.2) is 35.2 Å². The highest BCUT2D eigenvalue weighted by molar-refractivity contribution is 6.76. The second kappa shape index (κ2) is 11.0. The highest BCUT2D eigenvalue weighted by Gasteiger charge is 2.43. The molecule has 1 heterocycles. The molecule has 1 aromatic heterocycles. The predicted molar refractivity (Wildman–Crippen MR) is 185 cm³/mol. The lowest BCUT2D eigenvalue weighted by Gasteiger charge is -2.39. The van der Waals surface area contributed by atoms with Gasteiger partial charge in [0.25, 0.3) is 25.0 Å². The molecule has 0 bridgehead atoms. The molecule has 0 aliphatic rings. The molecule has 0 unspecified atom stereocenters. The third-order valence-electron chi connectivity index (χ3n) is 9.67. The molecule has 10 heteroatoms. The minimum Gasteiger partial charge on any atom is -0.541 e. The average Bonchev–Trinajstić information content (AvgIpc) is 2.81. The Balaban J connectivity index is 2.20. The zero-order valence-electron chi connectivity index (χ0n) is 28.8. The molecule has 2 aromatic carbocycles. The number of rotatable bonds is 7.